The average Bonchev–Trinajstić information content (AvgIpc) is 3.27. The first-order chi connectivity index (χ1) is 12.5. The Kier molecular flexibility index (Phi) is 5.85. The molecule has 2 heterocycles. The quantitative estimate of drug-likeness (QED) is 0.696. The molecular formula is C20H24N4OS. The van der Waals surface area contributed by atoms with Crippen molar-refractivity contribution in [2.75, 3.05) is 20.6 Å². The zero-order chi connectivity index (χ0) is 18.5. The van der Waals surface area contributed by atoms with Gasteiger partial charge in [-0.1, -0.05) is 12.1 Å². The van der Waals surface area contributed by atoms with E-state index in [-0.39, 0.29) is 11.9 Å². The van der Waals surface area contributed by atoms with Gasteiger partial charge in [0, 0.05) is 29.4 Å². The first-order valence-electron chi connectivity index (χ1n) is 8.59. The molecule has 3 rings (SSSR count). The normalized spacial score (nSPS) is 12.3. The number of nitrogens with one attached hydrogen (secondary N) is 1. The molecular weight excluding hydrogens is 344 g/mol. The van der Waals surface area contributed by atoms with Crippen molar-refractivity contribution >= 4 is 17.2 Å². The summed E-state index contributed by atoms with van der Waals surface area (Å²) in [5.41, 5.74) is 3.00. The molecule has 0 fully saturated rings. The Bertz CT molecular complexity index is 854. The largest absolute Gasteiger partial charge is 0.350 e. The predicted octanol–water partition coefficient (Wildman–Crippen LogP) is 3.33. The van der Waals surface area contributed by atoms with Gasteiger partial charge in [-0.3, -0.25) is 9.48 Å². The van der Waals surface area contributed by atoms with E-state index in [0.29, 0.717) is 18.7 Å². The Balaban J connectivity index is 1.66. The molecule has 1 atom stereocenters. The second kappa shape index (κ2) is 8.29. The lowest BCUT2D eigenvalue weighted by molar-refractivity contribution is 0.0942. The van der Waals surface area contributed by atoms with E-state index in [2.05, 4.69) is 33.7 Å². The summed E-state index contributed by atoms with van der Waals surface area (Å²) in [4.78, 5) is 16.1. The molecule has 1 amide bonds. The summed E-state index contributed by atoms with van der Waals surface area (Å²) in [5.74, 6) is -0.0478. The Hall–Kier alpha value is -2.44. The summed E-state index contributed by atoms with van der Waals surface area (Å²) < 4.78 is 1.85. The molecule has 0 aliphatic heterocycles. The summed E-state index contributed by atoms with van der Waals surface area (Å²) in [7, 11) is 4.08. The molecule has 0 spiro atoms. The summed E-state index contributed by atoms with van der Waals surface area (Å²) in [6.07, 6.45) is 3.67. The smallest absolute Gasteiger partial charge is 0.251 e. The van der Waals surface area contributed by atoms with E-state index in [1.165, 1.54) is 10.4 Å². The van der Waals surface area contributed by atoms with E-state index in [9.17, 15) is 4.79 Å². The van der Waals surface area contributed by atoms with Crippen LogP contribution in [0.4, 0.5) is 0 Å². The van der Waals surface area contributed by atoms with E-state index >= 15 is 0 Å². The minimum Gasteiger partial charge on any atom is -0.350 e. The molecule has 0 aliphatic rings. The number of nitrogens with zero attached hydrogens (tertiary/aromatic N) is 3. The fourth-order valence-corrected chi connectivity index (χ4v) is 4.04. The maximum atomic E-state index is 12.6. The number of rotatable bonds is 7. The van der Waals surface area contributed by atoms with Gasteiger partial charge in [0.1, 0.15) is 0 Å². The van der Waals surface area contributed by atoms with Crippen molar-refractivity contribution in [3.8, 4) is 0 Å². The molecule has 0 saturated heterocycles. The summed E-state index contributed by atoms with van der Waals surface area (Å²) in [5, 5.41) is 9.40. The summed E-state index contributed by atoms with van der Waals surface area (Å²) >= 11 is 1.74. The van der Waals surface area contributed by atoms with Crippen molar-refractivity contribution < 1.29 is 4.79 Å². The first-order valence-corrected chi connectivity index (χ1v) is 9.47. The number of aromatic nitrogens is 2. The van der Waals surface area contributed by atoms with E-state index in [0.717, 1.165) is 5.56 Å². The lowest BCUT2D eigenvalue weighted by Gasteiger charge is -2.24. The van der Waals surface area contributed by atoms with E-state index in [1.807, 2.05) is 55.3 Å². The maximum absolute atomic E-state index is 12.6. The van der Waals surface area contributed by atoms with Crippen LogP contribution in [-0.4, -0.2) is 41.2 Å². The molecule has 2 aromatic heterocycles. The molecule has 0 aliphatic carbocycles. The number of likely N-dealkylation sites (N-methyl/N-ethyl adjacent to an activating group) is 1. The Morgan fingerprint density at radius 1 is 1.31 bits per heavy atom. The third kappa shape index (κ3) is 4.39. The van der Waals surface area contributed by atoms with Crippen LogP contribution >= 0.6 is 11.3 Å². The first kappa shape index (κ1) is 18.4. The SMILES string of the molecule is Cc1ccsc1[C@H](CNC(=O)c1cccc(Cn2cccn2)c1)N(C)C. The number of benzene rings is 1. The number of hydrogen-bond acceptors (Lipinski definition) is 4. The standard InChI is InChI=1S/C20H24N4OS/c1-15-8-11-26-19(15)18(23(2)3)13-21-20(25)17-7-4-6-16(12-17)14-24-10-5-9-22-24/h4-12,18H,13-14H2,1-3H3,(H,21,25)/t18-/m0/s1. The van der Waals surface area contributed by atoms with Gasteiger partial charge in [-0.05, 0) is 61.8 Å². The number of carbonyl (C=O) groups is 1. The molecule has 3 aromatic rings. The monoisotopic (exact) mass is 368 g/mol. The summed E-state index contributed by atoms with van der Waals surface area (Å²) in [6.45, 7) is 3.35. The Labute approximate surface area is 158 Å². The van der Waals surface area contributed by atoms with E-state index in [1.54, 1.807) is 17.5 Å². The third-order valence-electron chi connectivity index (χ3n) is 4.38. The van der Waals surface area contributed by atoms with Gasteiger partial charge >= 0.3 is 0 Å². The fraction of sp³-hybridized carbons (Fsp3) is 0.300. The van der Waals surface area contributed by atoms with Crippen LogP contribution in [0.5, 0.6) is 0 Å². The number of amides is 1. The van der Waals surface area contributed by atoms with Crippen LogP contribution < -0.4 is 5.32 Å². The van der Waals surface area contributed by atoms with Gasteiger partial charge in [0.15, 0.2) is 0 Å². The van der Waals surface area contributed by atoms with Crippen LogP contribution in [0.2, 0.25) is 0 Å². The van der Waals surface area contributed by atoms with Gasteiger partial charge in [-0.25, -0.2) is 0 Å². The van der Waals surface area contributed by atoms with Gasteiger partial charge in [-0.2, -0.15) is 5.10 Å². The second-order valence-corrected chi connectivity index (χ2v) is 7.51. The highest BCUT2D eigenvalue weighted by atomic mass is 32.1. The van der Waals surface area contributed by atoms with Crippen LogP contribution in [0.3, 0.4) is 0 Å². The number of thiophene rings is 1. The number of hydrogen-bond donors (Lipinski definition) is 1. The predicted molar refractivity (Wildman–Crippen MR) is 106 cm³/mol. The molecule has 0 radical (unpaired) electrons. The highest BCUT2D eigenvalue weighted by Crippen LogP contribution is 2.26. The Morgan fingerprint density at radius 3 is 2.81 bits per heavy atom. The molecule has 0 unspecified atom stereocenters. The van der Waals surface area contributed by atoms with Gasteiger partial charge in [0.05, 0.1) is 12.6 Å². The Morgan fingerprint density at radius 2 is 2.15 bits per heavy atom. The second-order valence-electron chi connectivity index (χ2n) is 6.56. The highest BCUT2D eigenvalue weighted by Gasteiger charge is 2.19. The van der Waals surface area contributed by atoms with Crippen molar-refractivity contribution in [3.05, 3.63) is 75.7 Å². The zero-order valence-electron chi connectivity index (χ0n) is 15.3. The average molecular weight is 369 g/mol. The van der Waals surface area contributed by atoms with Crippen molar-refractivity contribution in [3.63, 3.8) is 0 Å². The fourth-order valence-electron chi connectivity index (χ4n) is 2.92. The molecule has 136 valence electrons. The van der Waals surface area contributed by atoms with Crippen LogP contribution in [0.15, 0.2) is 54.2 Å². The number of carbonyl (C=O) groups excluding carboxylic acids is 1. The zero-order valence-corrected chi connectivity index (χ0v) is 16.2. The van der Waals surface area contributed by atoms with Crippen LogP contribution in [0.1, 0.15) is 32.4 Å². The molecule has 0 bridgehead atoms. The molecule has 6 heteroatoms. The number of aryl methyl sites for hydroxylation is 1. The van der Waals surface area contributed by atoms with Crippen LogP contribution in [0.25, 0.3) is 0 Å². The lowest BCUT2D eigenvalue weighted by atomic mass is 10.1. The molecule has 1 N–H and O–H groups in total. The molecule has 26 heavy (non-hydrogen) atoms. The topological polar surface area (TPSA) is 50.2 Å². The minimum atomic E-state index is -0.0478. The van der Waals surface area contributed by atoms with Crippen molar-refractivity contribution in [2.45, 2.75) is 19.5 Å². The summed E-state index contributed by atoms with van der Waals surface area (Å²) in [6, 6.07) is 11.9. The van der Waals surface area contributed by atoms with Crippen molar-refractivity contribution in [1.29, 1.82) is 0 Å². The van der Waals surface area contributed by atoms with E-state index < -0.39 is 0 Å². The van der Waals surface area contributed by atoms with Crippen molar-refractivity contribution in [1.82, 2.24) is 20.0 Å². The van der Waals surface area contributed by atoms with Crippen LogP contribution in [-0.2, 0) is 6.54 Å². The van der Waals surface area contributed by atoms with E-state index in [4.69, 9.17) is 0 Å². The van der Waals surface area contributed by atoms with Crippen LogP contribution in [0, 0.1) is 6.92 Å². The molecule has 0 saturated carbocycles. The van der Waals surface area contributed by atoms with Gasteiger partial charge in [0.2, 0.25) is 0 Å². The van der Waals surface area contributed by atoms with Gasteiger partial charge in [0.25, 0.3) is 5.91 Å². The molecule has 1 aromatic carbocycles. The minimum absolute atomic E-state index is 0.0478. The highest BCUT2D eigenvalue weighted by molar-refractivity contribution is 7.10. The maximum Gasteiger partial charge on any atom is 0.251 e. The van der Waals surface area contributed by atoms with Gasteiger partial charge in [-0.15, -0.1) is 11.3 Å². The lowest BCUT2D eigenvalue weighted by Crippen LogP contribution is -2.34. The van der Waals surface area contributed by atoms with Gasteiger partial charge < -0.3 is 10.2 Å². The molecule has 5 nitrogen and oxygen atoms in total. The van der Waals surface area contributed by atoms with Crippen molar-refractivity contribution in [2.24, 2.45) is 0 Å². The third-order valence-corrected chi connectivity index (χ3v) is 5.50.